The van der Waals surface area contributed by atoms with E-state index in [1.807, 2.05) is 0 Å². The Morgan fingerprint density at radius 1 is 1.00 bits per heavy atom. The summed E-state index contributed by atoms with van der Waals surface area (Å²) >= 11 is 0. The molecule has 0 saturated carbocycles. The molecular formula is C21H23ClF2N2O. The van der Waals surface area contributed by atoms with Crippen LogP contribution in [0.4, 0.5) is 8.78 Å². The summed E-state index contributed by atoms with van der Waals surface area (Å²) in [5, 5.41) is 3.56. The molecule has 2 aromatic carbocycles. The lowest BCUT2D eigenvalue weighted by Crippen LogP contribution is -2.48. The second kappa shape index (κ2) is 7.95. The zero-order valence-electron chi connectivity index (χ0n) is 15.1. The number of amides is 1. The maximum atomic E-state index is 14.6. The van der Waals surface area contributed by atoms with E-state index in [0.717, 1.165) is 25.7 Å². The minimum Gasteiger partial charge on any atom is -0.339 e. The monoisotopic (exact) mass is 392 g/mol. The van der Waals surface area contributed by atoms with E-state index in [4.69, 9.17) is 0 Å². The van der Waals surface area contributed by atoms with Crippen molar-refractivity contribution in [2.24, 2.45) is 0 Å². The number of halogens is 3. The van der Waals surface area contributed by atoms with E-state index in [1.165, 1.54) is 24.3 Å². The van der Waals surface area contributed by atoms with Gasteiger partial charge in [-0.2, -0.15) is 0 Å². The summed E-state index contributed by atoms with van der Waals surface area (Å²) < 4.78 is 27.7. The normalized spacial score (nSPS) is 23.6. The van der Waals surface area contributed by atoms with Gasteiger partial charge >= 0.3 is 0 Å². The van der Waals surface area contributed by atoms with Crippen LogP contribution in [0.2, 0.25) is 0 Å². The third-order valence-corrected chi connectivity index (χ3v) is 5.69. The molecule has 2 bridgehead atoms. The molecule has 2 unspecified atom stereocenters. The lowest BCUT2D eigenvalue weighted by molar-refractivity contribution is 0.0677. The van der Waals surface area contributed by atoms with Gasteiger partial charge in [0, 0.05) is 25.2 Å². The van der Waals surface area contributed by atoms with Crippen LogP contribution in [0.25, 0.3) is 11.1 Å². The fraction of sp³-hybridized carbons (Fsp3) is 0.381. The molecule has 4 rings (SSSR count). The summed E-state index contributed by atoms with van der Waals surface area (Å²) in [6.45, 7) is 0. The van der Waals surface area contributed by atoms with Crippen LogP contribution in [0.15, 0.2) is 42.5 Å². The Morgan fingerprint density at radius 3 is 2.19 bits per heavy atom. The predicted molar refractivity (Wildman–Crippen MR) is 104 cm³/mol. The lowest BCUT2D eigenvalue weighted by Gasteiger charge is -2.35. The van der Waals surface area contributed by atoms with Gasteiger partial charge in [-0.15, -0.1) is 12.4 Å². The molecule has 2 aromatic rings. The molecule has 2 saturated heterocycles. The highest BCUT2D eigenvalue weighted by Gasteiger charge is 2.36. The maximum Gasteiger partial charge on any atom is 0.256 e. The summed E-state index contributed by atoms with van der Waals surface area (Å²) in [7, 11) is 1.77. The van der Waals surface area contributed by atoms with Crippen molar-refractivity contribution < 1.29 is 13.6 Å². The number of carbonyl (C=O) groups is 1. The molecule has 2 aliphatic heterocycles. The van der Waals surface area contributed by atoms with Crippen molar-refractivity contribution in [2.75, 3.05) is 7.05 Å². The van der Waals surface area contributed by atoms with Crippen LogP contribution >= 0.6 is 12.4 Å². The van der Waals surface area contributed by atoms with E-state index in [0.29, 0.717) is 23.2 Å². The van der Waals surface area contributed by atoms with Gasteiger partial charge < -0.3 is 10.2 Å². The first kappa shape index (κ1) is 19.8. The predicted octanol–water partition coefficient (Wildman–Crippen LogP) is 4.41. The fourth-order valence-electron chi connectivity index (χ4n) is 4.21. The highest BCUT2D eigenvalue weighted by atomic mass is 35.5. The molecule has 27 heavy (non-hydrogen) atoms. The Hall–Kier alpha value is -1.98. The minimum absolute atomic E-state index is 0. The second-order valence-corrected chi connectivity index (χ2v) is 7.38. The van der Waals surface area contributed by atoms with Crippen LogP contribution in [-0.2, 0) is 0 Å². The third kappa shape index (κ3) is 3.99. The number of fused-ring (bicyclic) bond motifs is 2. The molecule has 6 heteroatoms. The van der Waals surface area contributed by atoms with Gasteiger partial charge in [0.05, 0.1) is 5.56 Å². The smallest absolute Gasteiger partial charge is 0.256 e. The van der Waals surface area contributed by atoms with Crippen LogP contribution in [0.5, 0.6) is 0 Å². The summed E-state index contributed by atoms with van der Waals surface area (Å²) in [5.41, 5.74) is 1.43. The molecule has 0 radical (unpaired) electrons. The minimum atomic E-state index is -0.541. The van der Waals surface area contributed by atoms with Gasteiger partial charge in [-0.25, -0.2) is 8.78 Å². The van der Waals surface area contributed by atoms with Crippen molar-refractivity contribution in [3.8, 4) is 11.1 Å². The Labute approximate surface area is 164 Å². The van der Waals surface area contributed by atoms with Crippen molar-refractivity contribution in [1.82, 2.24) is 10.2 Å². The van der Waals surface area contributed by atoms with E-state index in [9.17, 15) is 13.6 Å². The molecule has 1 amide bonds. The molecule has 0 aliphatic carbocycles. The zero-order valence-corrected chi connectivity index (χ0v) is 15.9. The lowest BCUT2D eigenvalue weighted by atomic mass is 9.97. The fourth-order valence-corrected chi connectivity index (χ4v) is 4.21. The van der Waals surface area contributed by atoms with Crippen LogP contribution < -0.4 is 5.32 Å². The van der Waals surface area contributed by atoms with Crippen molar-refractivity contribution in [1.29, 1.82) is 0 Å². The number of piperidine rings is 1. The van der Waals surface area contributed by atoms with Crippen molar-refractivity contribution in [2.45, 2.75) is 43.8 Å². The van der Waals surface area contributed by atoms with Crippen molar-refractivity contribution >= 4 is 18.3 Å². The van der Waals surface area contributed by atoms with Crippen molar-refractivity contribution in [3.05, 3.63) is 59.7 Å². The summed E-state index contributed by atoms with van der Waals surface area (Å²) in [6, 6.07) is 11.6. The highest BCUT2D eigenvalue weighted by Crippen LogP contribution is 2.30. The van der Waals surface area contributed by atoms with Crippen LogP contribution in [0, 0.1) is 11.6 Å². The van der Waals surface area contributed by atoms with E-state index in [2.05, 4.69) is 5.32 Å². The molecule has 2 atom stereocenters. The first-order chi connectivity index (χ1) is 12.5. The maximum absolute atomic E-state index is 14.6. The molecule has 2 heterocycles. The van der Waals surface area contributed by atoms with Gasteiger partial charge in [-0.3, -0.25) is 4.79 Å². The van der Waals surface area contributed by atoms with E-state index < -0.39 is 5.82 Å². The van der Waals surface area contributed by atoms with Gasteiger partial charge in [0.2, 0.25) is 0 Å². The van der Waals surface area contributed by atoms with Gasteiger partial charge in [0.1, 0.15) is 11.6 Å². The molecule has 1 N–H and O–H groups in total. The number of nitrogens with zero attached hydrogens (tertiary/aromatic N) is 1. The molecule has 144 valence electrons. The van der Waals surface area contributed by atoms with E-state index in [-0.39, 0.29) is 35.7 Å². The van der Waals surface area contributed by atoms with Gasteiger partial charge in [0.25, 0.3) is 5.91 Å². The number of nitrogens with one attached hydrogen (secondary N) is 1. The van der Waals surface area contributed by atoms with E-state index >= 15 is 0 Å². The number of benzene rings is 2. The number of hydrogen-bond acceptors (Lipinski definition) is 2. The zero-order chi connectivity index (χ0) is 18.3. The average Bonchev–Trinajstić information content (AvgIpc) is 2.99. The Morgan fingerprint density at radius 2 is 1.59 bits per heavy atom. The Balaban J connectivity index is 0.00000210. The highest BCUT2D eigenvalue weighted by molar-refractivity contribution is 5.95. The van der Waals surface area contributed by atoms with Gasteiger partial charge in [-0.05, 0) is 61.1 Å². The molecule has 0 spiro atoms. The van der Waals surface area contributed by atoms with Crippen LogP contribution in [0.1, 0.15) is 36.0 Å². The first-order valence-corrected chi connectivity index (χ1v) is 9.10. The summed E-state index contributed by atoms with van der Waals surface area (Å²) in [6.07, 6.45) is 4.16. The van der Waals surface area contributed by atoms with Crippen LogP contribution in [0.3, 0.4) is 0 Å². The Bertz CT molecular complexity index is 815. The second-order valence-electron chi connectivity index (χ2n) is 7.38. The summed E-state index contributed by atoms with van der Waals surface area (Å²) in [4.78, 5) is 14.5. The number of carbonyl (C=O) groups excluding carboxylic acids is 1. The summed E-state index contributed by atoms with van der Waals surface area (Å²) in [5.74, 6) is -1.15. The number of rotatable bonds is 3. The SMILES string of the molecule is CN(C(=O)c1ccc(-c2ccc(F)cc2)cc1F)C1CC2CCC(C1)N2.Cl. The van der Waals surface area contributed by atoms with Gasteiger partial charge in [-0.1, -0.05) is 18.2 Å². The molecular weight excluding hydrogens is 370 g/mol. The van der Waals surface area contributed by atoms with Crippen molar-refractivity contribution in [3.63, 3.8) is 0 Å². The quantitative estimate of drug-likeness (QED) is 0.839. The van der Waals surface area contributed by atoms with Gasteiger partial charge in [0.15, 0.2) is 0 Å². The Kier molecular flexibility index (Phi) is 5.82. The third-order valence-electron chi connectivity index (χ3n) is 5.69. The first-order valence-electron chi connectivity index (χ1n) is 9.10. The molecule has 2 aliphatic rings. The standard InChI is InChI=1S/C21H22F2N2O.ClH/c1-25(18-11-16-7-8-17(12-18)24-16)21(26)19-9-4-14(10-20(19)23)13-2-5-15(22)6-3-13;/h2-6,9-10,16-18,24H,7-8,11-12H2,1H3;1H. The molecule has 3 nitrogen and oxygen atoms in total. The van der Waals surface area contributed by atoms with E-state index in [1.54, 1.807) is 30.1 Å². The largest absolute Gasteiger partial charge is 0.339 e. The van der Waals surface area contributed by atoms with Crippen LogP contribution in [-0.4, -0.2) is 36.0 Å². The molecule has 2 fully saturated rings. The average molecular weight is 393 g/mol. The number of hydrogen-bond donors (Lipinski definition) is 1. The molecule has 0 aromatic heterocycles. The topological polar surface area (TPSA) is 32.3 Å².